The summed E-state index contributed by atoms with van der Waals surface area (Å²) in [6.07, 6.45) is 3.48. The third-order valence-electron chi connectivity index (χ3n) is 3.33. The number of halogens is 1. The molecule has 2 heterocycles. The molecule has 1 saturated heterocycles. The molecule has 1 aromatic carbocycles. The van der Waals surface area contributed by atoms with Gasteiger partial charge in [0, 0.05) is 25.0 Å². The van der Waals surface area contributed by atoms with Crippen LogP contribution in [0.15, 0.2) is 48.8 Å². The van der Waals surface area contributed by atoms with E-state index in [-0.39, 0.29) is 22.3 Å². The van der Waals surface area contributed by atoms with Crippen LogP contribution in [-0.2, 0) is 4.79 Å². The third-order valence-corrected chi connectivity index (χ3v) is 4.92. The number of rotatable bonds is 2. The topological polar surface area (TPSA) is 33.2 Å². The number of thioether (sulfide) groups is 1. The van der Waals surface area contributed by atoms with Crippen LogP contribution >= 0.6 is 11.8 Å². The van der Waals surface area contributed by atoms with Gasteiger partial charge in [-0.1, -0.05) is 18.2 Å². The van der Waals surface area contributed by atoms with Crippen LogP contribution in [0.25, 0.3) is 0 Å². The van der Waals surface area contributed by atoms with Crippen LogP contribution in [0, 0.1) is 5.82 Å². The zero-order valence-corrected chi connectivity index (χ0v) is 11.7. The zero-order chi connectivity index (χ0) is 14.1. The SMILES string of the molecule is CN1C(=O)C(c2ccc(F)cc2)SC1c1cccnc1. The van der Waals surface area contributed by atoms with Crippen molar-refractivity contribution in [3.8, 4) is 0 Å². The van der Waals surface area contributed by atoms with Crippen molar-refractivity contribution < 1.29 is 9.18 Å². The van der Waals surface area contributed by atoms with Gasteiger partial charge in [-0.3, -0.25) is 9.78 Å². The molecule has 3 rings (SSSR count). The fourth-order valence-corrected chi connectivity index (χ4v) is 3.70. The molecule has 2 atom stereocenters. The van der Waals surface area contributed by atoms with E-state index in [0.29, 0.717) is 0 Å². The molecule has 0 radical (unpaired) electrons. The van der Waals surface area contributed by atoms with Gasteiger partial charge in [0.15, 0.2) is 0 Å². The summed E-state index contributed by atoms with van der Waals surface area (Å²) in [5, 5.41) is -0.336. The lowest BCUT2D eigenvalue weighted by atomic mass is 10.1. The van der Waals surface area contributed by atoms with Crippen molar-refractivity contribution in [1.29, 1.82) is 0 Å². The van der Waals surface area contributed by atoms with E-state index in [0.717, 1.165) is 11.1 Å². The molecule has 1 fully saturated rings. The van der Waals surface area contributed by atoms with Crippen molar-refractivity contribution >= 4 is 17.7 Å². The number of hydrogen-bond donors (Lipinski definition) is 0. The van der Waals surface area contributed by atoms with E-state index >= 15 is 0 Å². The van der Waals surface area contributed by atoms with Crippen molar-refractivity contribution in [3.05, 3.63) is 65.7 Å². The zero-order valence-electron chi connectivity index (χ0n) is 10.9. The minimum Gasteiger partial charge on any atom is -0.328 e. The Morgan fingerprint density at radius 1 is 1.20 bits per heavy atom. The Bertz CT molecular complexity index is 618. The normalized spacial score (nSPS) is 22.3. The van der Waals surface area contributed by atoms with Crippen LogP contribution < -0.4 is 0 Å². The second-order valence-corrected chi connectivity index (χ2v) is 5.85. The number of hydrogen-bond acceptors (Lipinski definition) is 3. The number of likely N-dealkylation sites (N-methyl/N-ethyl adjacent to an activating group) is 1. The number of carbonyl (C=O) groups excluding carboxylic acids is 1. The van der Waals surface area contributed by atoms with Crippen LogP contribution in [0.1, 0.15) is 21.8 Å². The molecule has 0 spiro atoms. The smallest absolute Gasteiger partial charge is 0.241 e. The van der Waals surface area contributed by atoms with Gasteiger partial charge in [-0.15, -0.1) is 11.8 Å². The van der Waals surface area contributed by atoms with Crippen molar-refractivity contribution in [3.63, 3.8) is 0 Å². The van der Waals surface area contributed by atoms with Gasteiger partial charge in [0.2, 0.25) is 5.91 Å². The molecule has 0 saturated carbocycles. The Hall–Kier alpha value is -1.88. The molecule has 1 aromatic heterocycles. The summed E-state index contributed by atoms with van der Waals surface area (Å²) < 4.78 is 13.0. The first-order chi connectivity index (χ1) is 9.66. The van der Waals surface area contributed by atoms with Crippen molar-refractivity contribution in [1.82, 2.24) is 9.88 Å². The van der Waals surface area contributed by atoms with Crippen molar-refractivity contribution in [2.45, 2.75) is 10.6 Å². The van der Waals surface area contributed by atoms with E-state index < -0.39 is 0 Å². The molecule has 102 valence electrons. The molecule has 0 bridgehead atoms. The van der Waals surface area contributed by atoms with E-state index in [4.69, 9.17) is 0 Å². The third kappa shape index (κ3) is 2.29. The molecule has 20 heavy (non-hydrogen) atoms. The molecule has 1 aliphatic heterocycles. The molecule has 5 heteroatoms. The maximum absolute atomic E-state index is 13.0. The number of nitrogens with zero attached hydrogens (tertiary/aromatic N) is 2. The van der Waals surface area contributed by atoms with Gasteiger partial charge in [0.1, 0.15) is 16.4 Å². The Balaban J connectivity index is 1.89. The summed E-state index contributed by atoms with van der Waals surface area (Å²) in [5.74, 6) is -0.253. The summed E-state index contributed by atoms with van der Waals surface area (Å²) in [7, 11) is 1.79. The first-order valence-electron chi connectivity index (χ1n) is 6.24. The molecule has 3 nitrogen and oxygen atoms in total. The van der Waals surface area contributed by atoms with Gasteiger partial charge in [0.05, 0.1) is 0 Å². The fourth-order valence-electron chi connectivity index (χ4n) is 2.26. The highest BCUT2D eigenvalue weighted by Crippen LogP contribution is 2.49. The maximum atomic E-state index is 13.0. The molecule has 2 unspecified atom stereocenters. The van der Waals surface area contributed by atoms with Crippen LogP contribution in [0.3, 0.4) is 0 Å². The average molecular weight is 288 g/mol. The van der Waals surface area contributed by atoms with Crippen LogP contribution in [-0.4, -0.2) is 22.8 Å². The number of aromatic nitrogens is 1. The van der Waals surface area contributed by atoms with E-state index in [9.17, 15) is 9.18 Å². The predicted molar refractivity (Wildman–Crippen MR) is 76.5 cm³/mol. The lowest BCUT2D eigenvalue weighted by Crippen LogP contribution is -2.24. The van der Waals surface area contributed by atoms with Gasteiger partial charge in [-0.25, -0.2) is 4.39 Å². The van der Waals surface area contributed by atoms with Gasteiger partial charge in [-0.05, 0) is 23.8 Å². The summed E-state index contributed by atoms with van der Waals surface area (Å²) in [6.45, 7) is 0. The summed E-state index contributed by atoms with van der Waals surface area (Å²) in [5.41, 5.74) is 1.83. The van der Waals surface area contributed by atoms with E-state index in [2.05, 4.69) is 4.98 Å². The Morgan fingerprint density at radius 2 is 1.95 bits per heavy atom. The van der Waals surface area contributed by atoms with E-state index in [1.54, 1.807) is 48.2 Å². The number of pyridine rings is 1. The Labute approximate surface area is 120 Å². The molecule has 2 aromatic rings. The van der Waals surface area contributed by atoms with E-state index in [1.165, 1.54) is 12.1 Å². The van der Waals surface area contributed by atoms with Gasteiger partial charge < -0.3 is 4.90 Å². The second-order valence-electron chi connectivity index (χ2n) is 4.66. The first kappa shape index (κ1) is 13.1. The maximum Gasteiger partial charge on any atom is 0.241 e. The largest absolute Gasteiger partial charge is 0.328 e. The number of benzene rings is 1. The van der Waals surface area contributed by atoms with Gasteiger partial charge >= 0.3 is 0 Å². The Kier molecular flexibility index (Phi) is 3.44. The summed E-state index contributed by atoms with van der Waals surface area (Å²) in [6, 6.07) is 9.94. The van der Waals surface area contributed by atoms with Crippen molar-refractivity contribution in [2.24, 2.45) is 0 Å². The van der Waals surface area contributed by atoms with Crippen molar-refractivity contribution in [2.75, 3.05) is 7.05 Å². The minimum atomic E-state index is -0.290. The Morgan fingerprint density at radius 3 is 2.60 bits per heavy atom. The predicted octanol–water partition coefficient (Wildman–Crippen LogP) is 3.17. The highest BCUT2D eigenvalue weighted by atomic mass is 32.2. The average Bonchev–Trinajstić information content (AvgIpc) is 2.77. The van der Waals surface area contributed by atoms with E-state index in [1.807, 2.05) is 12.1 Å². The number of amides is 1. The summed E-state index contributed by atoms with van der Waals surface area (Å²) >= 11 is 1.55. The quantitative estimate of drug-likeness (QED) is 0.851. The molecular weight excluding hydrogens is 275 g/mol. The highest BCUT2D eigenvalue weighted by Gasteiger charge is 2.39. The number of carbonyl (C=O) groups is 1. The van der Waals surface area contributed by atoms with Crippen LogP contribution in [0.5, 0.6) is 0 Å². The lowest BCUT2D eigenvalue weighted by Gasteiger charge is -2.18. The monoisotopic (exact) mass is 288 g/mol. The lowest BCUT2D eigenvalue weighted by molar-refractivity contribution is -0.128. The molecule has 1 aliphatic rings. The van der Waals surface area contributed by atoms with Gasteiger partial charge in [-0.2, -0.15) is 0 Å². The van der Waals surface area contributed by atoms with Gasteiger partial charge in [0.25, 0.3) is 0 Å². The second kappa shape index (κ2) is 5.25. The minimum absolute atomic E-state index is 0.0375. The molecule has 0 N–H and O–H groups in total. The highest BCUT2D eigenvalue weighted by molar-refractivity contribution is 8.00. The first-order valence-corrected chi connectivity index (χ1v) is 7.18. The molecule has 1 amide bonds. The van der Waals surface area contributed by atoms with Crippen LogP contribution in [0.2, 0.25) is 0 Å². The molecule has 0 aliphatic carbocycles. The summed E-state index contributed by atoms with van der Waals surface area (Å²) in [4.78, 5) is 18.2. The van der Waals surface area contributed by atoms with Crippen LogP contribution in [0.4, 0.5) is 4.39 Å². The molecular formula is C15H13FN2OS. The standard InChI is InChI=1S/C15H13FN2OS/c1-18-14(19)13(10-4-6-12(16)7-5-10)20-15(18)11-3-2-8-17-9-11/h2-9,13,15H,1H3. The fraction of sp³-hybridized carbons (Fsp3) is 0.200.